The third-order valence-electron chi connectivity index (χ3n) is 7.12. The lowest BCUT2D eigenvalue weighted by atomic mass is 10.1. The molecule has 13 heteroatoms. The summed E-state index contributed by atoms with van der Waals surface area (Å²) in [5, 5.41) is 0. The lowest BCUT2D eigenvalue weighted by molar-refractivity contribution is -0.176. The van der Waals surface area contributed by atoms with E-state index < -0.39 is 70.4 Å². The standard InChI is InChI=1S/C30H53NO11S/c1-7-9-11-13-15-17-19-31(20-18-16-14-12-10-8-2)43(36,37)30-29(41-25(6)35)28(40-24(5)34)27(42-30)26(39-23(4)33)21-38-22(3)32/h26-30H,7-21H2,1-6H3/t26-,27-,28+,29-,30+/m1/s1. The van der Waals surface area contributed by atoms with E-state index in [1.807, 2.05) is 0 Å². The predicted octanol–water partition coefficient (Wildman–Crippen LogP) is 4.42. The monoisotopic (exact) mass is 635 g/mol. The van der Waals surface area contributed by atoms with Gasteiger partial charge in [-0.3, -0.25) is 19.2 Å². The van der Waals surface area contributed by atoms with Crippen molar-refractivity contribution in [3.05, 3.63) is 0 Å². The van der Waals surface area contributed by atoms with Gasteiger partial charge in [0, 0.05) is 40.8 Å². The van der Waals surface area contributed by atoms with Gasteiger partial charge in [0.25, 0.3) is 0 Å². The lowest BCUT2D eigenvalue weighted by Crippen LogP contribution is -2.48. The first-order valence-electron chi connectivity index (χ1n) is 15.6. The van der Waals surface area contributed by atoms with Crippen LogP contribution in [0.2, 0.25) is 0 Å². The van der Waals surface area contributed by atoms with Crippen LogP contribution in [0.1, 0.15) is 119 Å². The molecule has 0 aromatic heterocycles. The molecule has 1 saturated heterocycles. The number of rotatable bonds is 22. The Kier molecular flexibility index (Phi) is 18.6. The van der Waals surface area contributed by atoms with E-state index in [0.717, 1.165) is 91.9 Å². The topological polar surface area (TPSA) is 152 Å². The Labute approximate surface area is 257 Å². The molecule has 0 aromatic carbocycles. The maximum Gasteiger partial charge on any atom is 0.303 e. The molecule has 0 radical (unpaired) electrons. The lowest BCUT2D eigenvalue weighted by Gasteiger charge is -2.28. The third kappa shape index (κ3) is 14.4. The molecule has 1 heterocycles. The number of carbonyl (C=O) groups excluding carboxylic acids is 4. The van der Waals surface area contributed by atoms with Gasteiger partial charge < -0.3 is 23.7 Å². The number of hydrogen-bond acceptors (Lipinski definition) is 11. The maximum atomic E-state index is 14.2. The predicted molar refractivity (Wildman–Crippen MR) is 159 cm³/mol. The first-order chi connectivity index (χ1) is 20.3. The highest BCUT2D eigenvalue weighted by molar-refractivity contribution is 7.89. The Morgan fingerprint density at radius 2 is 1.14 bits per heavy atom. The number of ether oxygens (including phenoxy) is 5. The highest BCUT2D eigenvalue weighted by Gasteiger charge is 2.58. The second-order valence-electron chi connectivity index (χ2n) is 11.0. The van der Waals surface area contributed by atoms with Crippen molar-refractivity contribution in [2.24, 2.45) is 0 Å². The van der Waals surface area contributed by atoms with Gasteiger partial charge >= 0.3 is 23.9 Å². The Balaban J connectivity index is 3.38. The molecule has 0 bridgehead atoms. The number of nitrogens with zero attached hydrogens (tertiary/aromatic N) is 1. The van der Waals surface area contributed by atoms with Crippen molar-refractivity contribution in [2.45, 2.75) is 148 Å². The number of esters is 4. The Morgan fingerprint density at radius 1 is 0.674 bits per heavy atom. The first kappa shape index (κ1) is 38.8. The zero-order chi connectivity index (χ0) is 32.4. The van der Waals surface area contributed by atoms with Crippen LogP contribution in [0.4, 0.5) is 0 Å². The second kappa shape index (κ2) is 20.7. The zero-order valence-corrected chi connectivity index (χ0v) is 27.7. The van der Waals surface area contributed by atoms with Gasteiger partial charge in [0.15, 0.2) is 18.3 Å². The molecule has 0 saturated carbocycles. The minimum atomic E-state index is -4.29. The average molecular weight is 636 g/mol. The van der Waals surface area contributed by atoms with Crippen molar-refractivity contribution in [3.63, 3.8) is 0 Å². The van der Waals surface area contributed by atoms with Crippen LogP contribution >= 0.6 is 0 Å². The van der Waals surface area contributed by atoms with Crippen molar-refractivity contribution in [3.8, 4) is 0 Å². The smallest absolute Gasteiger partial charge is 0.303 e. The summed E-state index contributed by atoms with van der Waals surface area (Å²) in [4.78, 5) is 47.7. The molecule has 12 nitrogen and oxygen atoms in total. The Morgan fingerprint density at radius 3 is 1.58 bits per heavy atom. The number of carbonyl (C=O) groups is 4. The maximum absolute atomic E-state index is 14.2. The van der Waals surface area contributed by atoms with E-state index in [2.05, 4.69) is 13.8 Å². The highest BCUT2D eigenvalue weighted by Crippen LogP contribution is 2.35. The molecule has 1 rings (SSSR count). The molecule has 43 heavy (non-hydrogen) atoms. The van der Waals surface area contributed by atoms with E-state index in [-0.39, 0.29) is 13.1 Å². The summed E-state index contributed by atoms with van der Waals surface area (Å²) in [5.74, 6) is -3.04. The fourth-order valence-corrected chi connectivity index (χ4v) is 6.97. The molecule has 0 spiro atoms. The van der Waals surface area contributed by atoms with Crippen LogP contribution in [-0.2, 0) is 52.9 Å². The van der Waals surface area contributed by atoms with Crippen molar-refractivity contribution in [1.29, 1.82) is 0 Å². The van der Waals surface area contributed by atoms with Crippen molar-refractivity contribution >= 4 is 33.9 Å². The summed E-state index contributed by atoms with van der Waals surface area (Å²) in [6.07, 6.45) is 5.84. The average Bonchev–Trinajstić information content (AvgIpc) is 3.25. The minimum absolute atomic E-state index is 0.250. The molecule has 0 aliphatic carbocycles. The molecule has 250 valence electrons. The normalized spacial score (nSPS) is 20.9. The highest BCUT2D eigenvalue weighted by atomic mass is 32.2. The molecule has 0 aromatic rings. The first-order valence-corrected chi connectivity index (χ1v) is 17.1. The van der Waals surface area contributed by atoms with Crippen molar-refractivity contribution < 1.29 is 51.3 Å². The summed E-state index contributed by atoms with van der Waals surface area (Å²) >= 11 is 0. The molecule has 0 amide bonds. The summed E-state index contributed by atoms with van der Waals surface area (Å²) in [7, 11) is -4.29. The van der Waals surface area contributed by atoms with Gasteiger partial charge in [-0.15, -0.1) is 0 Å². The van der Waals surface area contributed by atoms with E-state index in [0.29, 0.717) is 12.8 Å². The van der Waals surface area contributed by atoms with Gasteiger partial charge in [-0.1, -0.05) is 78.1 Å². The van der Waals surface area contributed by atoms with Crippen LogP contribution in [0, 0.1) is 0 Å². The molecular weight excluding hydrogens is 582 g/mol. The molecule has 5 atom stereocenters. The number of sulfonamides is 1. The molecule has 1 aliphatic heterocycles. The van der Waals surface area contributed by atoms with Crippen molar-refractivity contribution in [2.75, 3.05) is 19.7 Å². The molecule has 1 aliphatic rings. The molecule has 0 N–H and O–H groups in total. The Hall–Kier alpha value is -2.25. The van der Waals surface area contributed by atoms with Gasteiger partial charge in [-0.05, 0) is 12.8 Å². The Bertz CT molecular complexity index is 955. The largest absolute Gasteiger partial charge is 0.462 e. The third-order valence-corrected chi connectivity index (χ3v) is 9.17. The van der Waals surface area contributed by atoms with Crippen LogP contribution in [0.5, 0.6) is 0 Å². The van der Waals surface area contributed by atoms with Crippen LogP contribution in [0.15, 0.2) is 0 Å². The van der Waals surface area contributed by atoms with Crippen LogP contribution < -0.4 is 0 Å². The summed E-state index contributed by atoms with van der Waals surface area (Å²) in [6, 6.07) is 0. The van der Waals surface area contributed by atoms with E-state index in [1.54, 1.807) is 0 Å². The van der Waals surface area contributed by atoms with Crippen LogP contribution in [0.3, 0.4) is 0 Å². The fourth-order valence-electron chi connectivity index (χ4n) is 5.09. The summed E-state index contributed by atoms with van der Waals surface area (Å²) < 4.78 is 57.0. The van der Waals surface area contributed by atoms with Gasteiger partial charge in [0.2, 0.25) is 15.5 Å². The quantitative estimate of drug-likeness (QED) is 0.0944. The zero-order valence-electron chi connectivity index (χ0n) is 26.8. The van der Waals surface area contributed by atoms with E-state index in [9.17, 15) is 27.6 Å². The summed E-state index contributed by atoms with van der Waals surface area (Å²) in [5.41, 5.74) is -1.75. The van der Waals surface area contributed by atoms with Crippen molar-refractivity contribution in [1.82, 2.24) is 4.31 Å². The summed E-state index contributed by atoms with van der Waals surface area (Å²) in [6.45, 7) is 8.76. The van der Waals surface area contributed by atoms with Gasteiger partial charge in [-0.25, -0.2) is 8.42 Å². The van der Waals surface area contributed by atoms with E-state index in [4.69, 9.17) is 23.7 Å². The van der Waals surface area contributed by atoms with Gasteiger partial charge in [0.05, 0.1) is 0 Å². The molecule has 0 unspecified atom stereocenters. The second-order valence-corrected chi connectivity index (χ2v) is 13.1. The van der Waals surface area contributed by atoms with Gasteiger partial charge in [-0.2, -0.15) is 4.31 Å². The van der Waals surface area contributed by atoms with Crippen LogP contribution in [-0.4, -0.2) is 86.1 Å². The molecular formula is C30H53NO11S. The minimum Gasteiger partial charge on any atom is -0.462 e. The number of unbranched alkanes of at least 4 members (excludes halogenated alkanes) is 10. The number of hydrogen-bond donors (Lipinski definition) is 0. The fraction of sp³-hybridized carbons (Fsp3) is 0.867. The van der Waals surface area contributed by atoms with Crippen LogP contribution in [0.25, 0.3) is 0 Å². The SMILES string of the molecule is CCCCCCCCN(CCCCCCCC)S(=O)(=O)[C@@H]1O[C@H]([C@@H](COC(C)=O)OC(C)=O)[C@H](OC(C)=O)[C@H]1OC(C)=O. The van der Waals surface area contributed by atoms with E-state index >= 15 is 0 Å². The van der Waals surface area contributed by atoms with Gasteiger partial charge in [0.1, 0.15) is 12.7 Å². The molecule has 1 fully saturated rings. The van der Waals surface area contributed by atoms with E-state index in [1.165, 1.54) is 4.31 Å².